The molecule has 25 heavy (non-hydrogen) atoms. The van der Waals surface area contributed by atoms with Crippen molar-refractivity contribution in [3.8, 4) is 0 Å². The highest BCUT2D eigenvalue weighted by atomic mass is 15.6. The summed E-state index contributed by atoms with van der Waals surface area (Å²) in [5.74, 6) is 0.652. The molecule has 0 spiro atoms. The molecule has 5 heteroatoms. The minimum Gasteiger partial charge on any atom is -0.323 e. The Morgan fingerprint density at radius 1 is 0.840 bits per heavy atom. The van der Waals surface area contributed by atoms with Crippen molar-refractivity contribution in [2.75, 3.05) is 5.32 Å². The third-order valence-corrected chi connectivity index (χ3v) is 4.55. The van der Waals surface area contributed by atoms with Crippen LogP contribution in [0.25, 0.3) is 16.5 Å². The van der Waals surface area contributed by atoms with Crippen LogP contribution in [0.1, 0.15) is 17.2 Å². The predicted molar refractivity (Wildman–Crippen MR) is 97.9 cm³/mol. The number of nitrogens with zero attached hydrogens (tertiary/aromatic N) is 4. The smallest absolute Gasteiger partial charge is 0.248 e. The van der Waals surface area contributed by atoms with Crippen molar-refractivity contribution in [1.82, 2.24) is 20.2 Å². The van der Waals surface area contributed by atoms with Crippen molar-refractivity contribution >= 4 is 22.4 Å². The second-order valence-electron chi connectivity index (χ2n) is 6.03. The van der Waals surface area contributed by atoms with Crippen molar-refractivity contribution in [3.05, 3.63) is 90.0 Å². The topological polar surface area (TPSA) is 55.6 Å². The van der Waals surface area contributed by atoms with Crippen LogP contribution in [-0.2, 0) is 0 Å². The van der Waals surface area contributed by atoms with E-state index in [0.29, 0.717) is 5.95 Å². The summed E-state index contributed by atoms with van der Waals surface area (Å²) in [7, 11) is 0. The molecule has 3 aromatic carbocycles. The molecule has 1 N–H and O–H groups in total. The highest BCUT2D eigenvalue weighted by molar-refractivity contribution is 5.87. The van der Waals surface area contributed by atoms with Gasteiger partial charge in [-0.1, -0.05) is 77.9 Å². The molecule has 1 aliphatic heterocycles. The van der Waals surface area contributed by atoms with Crippen LogP contribution >= 0.6 is 0 Å². The molecule has 0 aliphatic carbocycles. The molecule has 2 heterocycles. The Bertz CT molecular complexity index is 1080. The highest BCUT2D eigenvalue weighted by Gasteiger charge is 2.25. The van der Waals surface area contributed by atoms with Crippen LogP contribution in [0.5, 0.6) is 0 Å². The van der Waals surface area contributed by atoms with Gasteiger partial charge in [-0.05, 0) is 38.4 Å². The fourth-order valence-electron chi connectivity index (χ4n) is 3.37. The van der Waals surface area contributed by atoms with E-state index < -0.39 is 0 Å². The van der Waals surface area contributed by atoms with Gasteiger partial charge in [-0.3, -0.25) is 0 Å². The van der Waals surface area contributed by atoms with Crippen LogP contribution in [0.2, 0.25) is 0 Å². The van der Waals surface area contributed by atoms with Crippen LogP contribution < -0.4 is 5.32 Å². The summed E-state index contributed by atoms with van der Waals surface area (Å²) in [5.41, 5.74) is 3.31. The Labute approximate surface area is 144 Å². The lowest BCUT2D eigenvalue weighted by Crippen LogP contribution is -2.20. The molecule has 0 saturated heterocycles. The summed E-state index contributed by atoms with van der Waals surface area (Å²) in [6, 6.07) is 24.9. The van der Waals surface area contributed by atoms with Gasteiger partial charge in [0, 0.05) is 5.70 Å². The number of nitrogens with one attached hydrogen (secondary N) is 1. The lowest BCUT2D eigenvalue weighted by Gasteiger charge is -2.24. The van der Waals surface area contributed by atoms with E-state index in [9.17, 15) is 0 Å². The minimum absolute atomic E-state index is 0.0624. The largest absolute Gasteiger partial charge is 0.323 e. The Hall–Kier alpha value is -3.47. The van der Waals surface area contributed by atoms with E-state index in [1.54, 1.807) is 0 Å². The monoisotopic (exact) mass is 325 g/mol. The zero-order valence-corrected chi connectivity index (χ0v) is 13.4. The van der Waals surface area contributed by atoms with E-state index in [4.69, 9.17) is 0 Å². The Morgan fingerprint density at radius 2 is 1.64 bits per heavy atom. The summed E-state index contributed by atoms with van der Waals surface area (Å²) in [6.45, 7) is 0. The normalized spacial score (nSPS) is 16.2. The van der Waals surface area contributed by atoms with Gasteiger partial charge in [-0.15, -0.1) is 0 Å². The van der Waals surface area contributed by atoms with E-state index in [2.05, 4.69) is 81.5 Å². The number of aromatic nitrogens is 4. The molecule has 0 bridgehead atoms. The molecule has 5 nitrogen and oxygen atoms in total. The van der Waals surface area contributed by atoms with Crippen LogP contribution in [0.3, 0.4) is 0 Å². The number of tetrazole rings is 1. The van der Waals surface area contributed by atoms with E-state index in [1.165, 1.54) is 16.3 Å². The lowest BCUT2D eigenvalue weighted by atomic mass is 9.96. The molecule has 1 unspecified atom stereocenters. The first kappa shape index (κ1) is 13.9. The molecule has 5 rings (SSSR count). The summed E-state index contributed by atoms with van der Waals surface area (Å²) in [4.78, 5) is 0. The van der Waals surface area contributed by atoms with Gasteiger partial charge < -0.3 is 5.32 Å². The molecule has 4 aromatic rings. The number of anilines is 1. The average molecular weight is 325 g/mol. The number of hydrogen-bond donors (Lipinski definition) is 1. The molecular weight excluding hydrogens is 310 g/mol. The zero-order chi connectivity index (χ0) is 16.6. The fraction of sp³-hybridized carbons (Fsp3) is 0.0500. The lowest BCUT2D eigenvalue weighted by molar-refractivity contribution is 0.589. The molecule has 120 valence electrons. The molecule has 0 saturated carbocycles. The molecule has 0 fully saturated rings. The van der Waals surface area contributed by atoms with Crippen LogP contribution in [-0.4, -0.2) is 20.2 Å². The zero-order valence-electron chi connectivity index (χ0n) is 13.4. The second kappa shape index (κ2) is 5.56. The van der Waals surface area contributed by atoms with Crippen molar-refractivity contribution in [3.63, 3.8) is 0 Å². The molecule has 0 radical (unpaired) electrons. The van der Waals surface area contributed by atoms with Gasteiger partial charge in [0.2, 0.25) is 5.95 Å². The third kappa shape index (κ3) is 2.29. The second-order valence-corrected chi connectivity index (χ2v) is 6.03. The number of hydrogen-bond acceptors (Lipinski definition) is 4. The molecule has 1 atom stereocenters. The fourth-order valence-corrected chi connectivity index (χ4v) is 3.37. The first-order chi connectivity index (χ1) is 12.4. The molecule has 1 aliphatic rings. The highest BCUT2D eigenvalue weighted by Crippen LogP contribution is 2.34. The van der Waals surface area contributed by atoms with Gasteiger partial charge in [0.05, 0.1) is 0 Å². The standard InChI is InChI=1S/C20H15N5/c1-2-8-15(9-3-1)18-13-19(25-20(21-18)22-23-24-25)17-12-6-10-14-7-4-5-11-16(14)17/h1-13,19H,(H,21,22,24). The number of fused-ring (bicyclic) bond motifs is 2. The summed E-state index contributed by atoms with van der Waals surface area (Å²) in [5, 5.41) is 17.9. The van der Waals surface area contributed by atoms with Crippen molar-refractivity contribution < 1.29 is 0 Å². The molecule has 0 amide bonds. The first-order valence-electron chi connectivity index (χ1n) is 8.20. The van der Waals surface area contributed by atoms with Gasteiger partial charge in [-0.2, -0.15) is 4.68 Å². The van der Waals surface area contributed by atoms with Gasteiger partial charge in [0.15, 0.2) is 0 Å². The number of rotatable bonds is 2. The molecule has 1 aromatic heterocycles. The van der Waals surface area contributed by atoms with Crippen LogP contribution in [0.4, 0.5) is 5.95 Å². The summed E-state index contributed by atoms with van der Waals surface area (Å²) >= 11 is 0. The Balaban J connectivity index is 1.72. The average Bonchev–Trinajstić information content (AvgIpc) is 3.16. The Kier molecular flexibility index (Phi) is 3.10. The van der Waals surface area contributed by atoms with Gasteiger partial charge in [0.1, 0.15) is 6.04 Å². The summed E-state index contributed by atoms with van der Waals surface area (Å²) in [6.07, 6.45) is 2.18. The quantitative estimate of drug-likeness (QED) is 0.607. The van der Waals surface area contributed by atoms with Gasteiger partial charge >= 0.3 is 0 Å². The number of benzene rings is 3. The van der Waals surface area contributed by atoms with Crippen molar-refractivity contribution in [1.29, 1.82) is 0 Å². The molecular formula is C20H15N5. The van der Waals surface area contributed by atoms with Crippen LogP contribution in [0.15, 0.2) is 78.9 Å². The maximum atomic E-state index is 4.20. The maximum Gasteiger partial charge on any atom is 0.248 e. The Morgan fingerprint density at radius 3 is 2.56 bits per heavy atom. The predicted octanol–water partition coefficient (Wildman–Crippen LogP) is 3.88. The van der Waals surface area contributed by atoms with E-state index in [-0.39, 0.29) is 6.04 Å². The minimum atomic E-state index is -0.0624. The van der Waals surface area contributed by atoms with Crippen molar-refractivity contribution in [2.24, 2.45) is 0 Å². The van der Waals surface area contributed by atoms with E-state index in [1.807, 2.05) is 22.9 Å². The van der Waals surface area contributed by atoms with E-state index >= 15 is 0 Å². The van der Waals surface area contributed by atoms with Crippen LogP contribution in [0, 0.1) is 0 Å². The van der Waals surface area contributed by atoms with E-state index in [0.717, 1.165) is 11.3 Å². The summed E-state index contributed by atoms with van der Waals surface area (Å²) < 4.78 is 1.83. The third-order valence-electron chi connectivity index (χ3n) is 4.55. The van der Waals surface area contributed by atoms with Gasteiger partial charge in [-0.25, -0.2) is 0 Å². The SMILES string of the molecule is C1=C(c2ccccc2)Nc2nnnn2C1c1cccc2ccccc12. The van der Waals surface area contributed by atoms with Crippen molar-refractivity contribution in [2.45, 2.75) is 6.04 Å². The number of allylic oxidation sites excluding steroid dienone is 1. The van der Waals surface area contributed by atoms with Gasteiger partial charge in [0.25, 0.3) is 0 Å². The maximum absolute atomic E-state index is 4.20. The first-order valence-corrected chi connectivity index (χ1v) is 8.20.